The summed E-state index contributed by atoms with van der Waals surface area (Å²) in [5.41, 5.74) is 1.43. The van der Waals surface area contributed by atoms with Crippen LogP contribution in [0.1, 0.15) is 64.2 Å². The highest BCUT2D eigenvalue weighted by molar-refractivity contribution is 5.88. The highest BCUT2D eigenvalue weighted by atomic mass is 16.5. The Morgan fingerprint density at radius 1 is 0.980 bits per heavy atom. The fraction of sp³-hybridized carbons (Fsp3) is 0.444. The molecular weight excluding hydrogens is 654 g/mol. The lowest BCUT2D eigenvalue weighted by molar-refractivity contribution is -0.132. The van der Waals surface area contributed by atoms with E-state index in [-0.39, 0.29) is 75.0 Å². The third-order valence-corrected chi connectivity index (χ3v) is 8.39. The van der Waals surface area contributed by atoms with Crippen molar-refractivity contribution in [2.45, 2.75) is 71.5 Å². The summed E-state index contributed by atoms with van der Waals surface area (Å²) < 4.78 is 12.3. The second-order valence-corrected chi connectivity index (χ2v) is 12.8. The van der Waals surface area contributed by atoms with Crippen molar-refractivity contribution < 1.29 is 28.4 Å². The molecule has 0 unspecified atom stereocenters. The Morgan fingerprint density at radius 3 is 2.51 bits per heavy atom. The van der Waals surface area contributed by atoms with Gasteiger partial charge in [-0.15, -0.1) is 0 Å². The molecule has 1 aliphatic rings. The Hall–Kier alpha value is -5.60. The third-order valence-electron chi connectivity index (χ3n) is 8.39. The van der Waals surface area contributed by atoms with Crippen molar-refractivity contribution in [2.24, 2.45) is 5.92 Å². The third kappa shape index (κ3) is 9.99. The maximum Gasteiger partial charge on any atom is 0.243 e. The topological polar surface area (TPSA) is 186 Å². The van der Waals surface area contributed by atoms with E-state index in [9.17, 15) is 19.2 Å². The molecule has 270 valence electrons. The van der Waals surface area contributed by atoms with Gasteiger partial charge in [0.05, 0.1) is 18.7 Å². The molecule has 0 spiro atoms. The molecule has 0 saturated heterocycles. The number of aromatic nitrogens is 5. The highest BCUT2D eigenvalue weighted by Crippen LogP contribution is 2.27. The molecule has 2 aromatic heterocycles. The zero-order valence-electron chi connectivity index (χ0n) is 29.4. The van der Waals surface area contributed by atoms with E-state index < -0.39 is 12.1 Å². The number of nitrogens with one attached hydrogen (secondary N) is 3. The van der Waals surface area contributed by atoms with Crippen molar-refractivity contribution in [2.75, 3.05) is 26.7 Å². The van der Waals surface area contributed by atoms with Gasteiger partial charge in [0.25, 0.3) is 0 Å². The monoisotopic (exact) mass is 699 g/mol. The smallest absolute Gasteiger partial charge is 0.243 e. The molecule has 1 aliphatic heterocycles. The van der Waals surface area contributed by atoms with Crippen LogP contribution >= 0.6 is 0 Å². The van der Waals surface area contributed by atoms with E-state index in [0.29, 0.717) is 47.5 Å². The molecular formula is C36H45N9O6. The summed E-state index contributed by atoms with van der Waals surface area (Å²) in [6.45, 7) is 6.23. The van der Waals surface area contributed by atoms with Crippen LogP contribution in [-0.2, 0) is 32.1 Å². The van der Waals surface area contributed by atoms with Crippen molar-refractivity contribution >= 4 is 23.6 Å². The Kier molecular flexibility index (Phi) is 12.5. The minimum atomic E-state index is -0.781. The first kappa shape index (κ1) is 36.7. The van der Waals surface area contributed by atoms with Crippen molar-refractivity contribution in [3.8, 4) is 28.5 Å². The molecule has 0 aliphatic carbocycles. The first-order valence-electron chi connectivity index (χ1n) is 17.2. The van der Waals surface area contributed by atoms with Crippen LogP contribution in [-0.4, -0.2) is 86.2 Å². The summed E-state index contributed by atoms with van der Waals surface area (Å²) in [7, 11) is 1.56. The van der Waals surface area contributed by atoms with Gasteiger partial charge >= 0.3 is 0 Å². The second kappa shape index (κ2) is 17.4. The number of para-hydroxylation sites is 1. The number of hydrogen-bond donors (Lipinski definition) is 3. The van der Waals surface area contributed by atoms with Crippen LogP contribution in [0.25, 0.3) is 22.8 Å². The van der Waals surface area contributed by atoms with Gasteiger partial charge in [-0.1, -0.05) is 61.5 Å². The van der Waals surface area contributed by atoms with E-state index in [4.69, 9.17) is 14.2 Å². The van der Waals surface area contributed by atoms with Gasteiger partial charge in [0, 0.05) is 44.5 Å². The summed E-state index contributed by atoms with van der Waals surface area (Å²) in [4.78, 5) is 64.0. The van der Waals surface area contributed by atoms with Crippen LogP contribution in [0.2, 0.25) is 0 Å². The van der Waals surface area contributed by atoms with Gasteiger partial charge in [-0.2, -0.15) is 10.1 Å². The van der Waals surface area contributed by atoms with Gasteiger partial charge in [0.15, 0.2) is 5.82 Å². The first-order valence-corrected chi connectivity index (χ1v) is 17.2. The maximum absolute atomic E-state index is 13.5. The number of amides is 4. The summed E-state index contributed by atoms with van der Waals surface area (Å²) in [6, 6.07) is 15.2. The largest absolute Gasteiger partial charge is 0.496 e. The predicted octanol–water partition coefficient (Wildman–Crippen LogP) is 3.08. The summed E-state index contributed by atoms with van der Waals surface area (Å²) in [6.07, 6.45) is 1.17. The minimum absolute atomic E-state index is 0.0762. The van der Waals surface area contributed by atoms with Gasteiger partial charge < -0.3 is 30.1 Å². The van der Waals surface area contributed by atoms with Crippen LogP contribution in [0.4, 0.5) is 0 Å². The number of ether oxygens (including phenoxy) is 1. The van der Waals surface area contributed by atoms with Gasteiger partial charge in [-0.25, -0.2) is 9.67 Å². The second-order valence-electron chi connectivity index (χ2n) is 12.8. The predicted molar refractivity (Wildman–Crippen MR) is 187 cm³/mol. The average molecular weight is 700 g/mol. The molecule has 0 fully saturated rings. The van der Waals surface area contributed by atoms with Crippen LogP contribution in [0.15, 0.2) is 59.1 Å². The number of rotatable bonds is 8. The van der Waals surface area contributed by atoms with Crippen molar-refractivity contribution in [1.82, 2.24) is 45.8 Å². The van der Waals surface area contributed by atoms with Gasteiger partial charge in [-0.05, 0) is 37.8 Å². The van der Waals surface area contributed by atoms with Crippen molar-refractivity contribution in [1.29, 1.82) is 0 Å². The standard InChI is InChI=1S/C36H45N9O6/c1-23(2)21-27-36(49)38-24(3)35-41-33(25-11-6-5-7-12-25)42-45(35)22-30(47)37-18-20-44(19-10-15-29(46)39-27)32(48)17-16-31-40-34(43-51-31)26-13-8-9-14-28(26)50-4/h5-9,11-14,23-24,27H,10,15-22H2,1-4H3,(H,37,47)(H,38,49)(H,39,46)/t24-,27+/m0/s1. The lowest BCUT2D eigenvalue weighted by Crippen LogP contribution is -2.48. The van der Waals surface area contributed by atoms with Gasteiger partial charge in [0.2, 0.25) is 35.3 Å². The zero-order valence-corrected chi connectivity index (χ0v) is 29.4. The normalized spacial score (nSPS) is 18.0. The number of fused-ring (bicyclic) bond motifs is 1. The van der Waals surface area contributed by atoms with Gasteiger partial charge in [-0.3, -0.25) is 19.2 Å². The van der Waals surface area contributed by atoms with E-state index in [0.717, 1.165) is 5.56 Å². The number of methoxy groups -OCH3 is 1. The number of carbonyl (C=O) groups is 4. The van der Waals surface area contributed by atoms with E-state index in [1.54, 1.807) is 25.0 Å². The molecule has 3 heterocycles. The molecule has 5 rings (SSSR count). The van der Waals surface area contributed by atoms with Crippen LogP contribution in [0.3, 0.4) is 0 Å². The van der Waals surface area contributed by atoms with Crippen LogP contribution in [0.5, 0.6) is 5.75 Å². The average Bonchev–Trinajstić information content (AvgIpc) is 3.77. The molecule has 0 saturated carbocycles. The summed E-state index contributed by atoms with van der Waals surface area (Å²) >= 11 is 0. The van der Waals surface area contributed by atoms with E-state index >= 15 is 0 Å². The molecule has 2 atom stereocenters. The SMILES string of the molecule is COc1ccccc1-c1noc(CCC(=O)N2CCCC(=O)N[C@H](CC(C)C)C(=O)N[C@@H](C)c3nc(-c4ccccc4)nn3CC(=O)NCC2)n1. The van der Waals surface area contributed by atoms with E-state index in [1.807, 2.05) is 62.4 Å². The number of aryl methyl sites for hydroxylation is 1. The molecule has 4 amide bonds. The van der Waals surface area contributed by atoms with E-state index in [2.05, 4.69) is 31.2 Å². The van der Waals surface area contributed by atoms with Gasteiger partial charge in [0.1, 0.15) is 24.2 Å². The van der Waals surface area contributed by atoms with Crippen molar-refractivity contribution in [3.63, 3.8) is 0 Å². The maximum atomic E-state index is 13.5. The molecule has 15 heteroatoms. The summed E-state index contributed by atoms with van der Waals surface area (Å²) in [5, 5.41) is 17.4. The fourth-order valence-corrected chi connectivity index (χ4v) is 5.83. The lowest BCUT2D eigenvalue weighted by Gasteiger charge is -2.24. The summed E-state index contributed by atoms with van der Waals surface area (Å²) in [5.74, 6) is 0.995. The molecule has 51 heavy (non-hydrogen) atoms. The molecule has 4 aromatic rings. The van der Waals surface area contributed by atoms with Crippen molar-refractivity contribution in [3.05, 3.63) is 66.3 Å². The number of carbonyl (C=O) groups excluding carboxylic acids is 4. The Balaban J connectivity index is 1.32. The number of benzene rings is 2. The molecule has 15 nitrogen and oxygen atoms in total. The first-order chi connectivity index (χ1) is 24.6. The minimum Gasteiger partial charge on any atom is -0.496 e. The number of hydrogen-bond acceptors (Lipinski definition) is 10. The Labute approximate surface area is 296 Å². The zero-order chi connectivity index (χ0) is 36.3. The fourth-order valence-electron chi connectivity index (χ4n) is 5.83. The molecule has 0 radical (unpaired) electrons. The van der Waals surface area contributed by atoms with Crippen LogP contribution in [0, 0.1) is 5.92 Å². The number of nitrogens with zero attached hydrogens (tertiary/aromatic N) is 6. The van der Waals surface area contributed by atoms with E-state index in [1.165, 1.54) is 4.68 Å². The quantitative estimate of drug-likeness (QED) is 0.247. The van der Waals surface area contributed by atoms with Crippen LogP contribution < -0.4 is 20.7 Å². The molecule has 0 bridgehead atoms. The lowest BCUT2D eigenvalue weighted by atomic mass is 10.0. The highest BCUT2D eigenvalue weighted by Gasteiger charge is 2.27. The molecule has 2 aromatic carbocycles. The Morgan fingerprint density at radius 2 is 1.75 bits per heavy atom. The Bertz CT molecular complexity index is 1810. The molecule has 3 N–H and O–H groups in total.